The molecule has 0 radical (unpaired) electrons. The molecule has 26 heavy (non-hydrogen) atoms. The van der Waals surface area contributed by atoms with Gasteiger partial charge in [0.1, 0.15) is 11.6 Å². The molecule has 1 aliphatic rings. The first kappa shape index (κ1) is 16.5. The van der Waals surface area contributed by atoms with Crippen LogP contribution in [0.15, 0.2) is 60.7 Å². The first-order valence-corrected chi connectivity index (χ1v) is 8.58. The van der Waals surface area contributed by atoms with Crippen LogP contribution in [-0.2, 0) is 4.74 Å². The third-order valence-corrected chi connectivity index (χ3v) is 4.21. The number of para-hydroxylation sites is 1. The van der Waals surface area contributed by atoms with E-state index in [-0.39, 0.29) is 5.82 Å². The summed E-state index contributed by atoms with van der Waals surface area (Å²) in [4.78, 5) is 11.4. The molecule has 132 valence electrons. The van der Waals surface area contributed by atoms with E-state index in [9.17, 15) is 4.39 Å². The van der Waals surface area contributed by atoms with Gasteiger partial charge in [-0.15, -0.1) is 0 Å². The molecule has 0 amide bonds. The van der Waals surface area contributed by atoms with E-state index in [0.29, 0.717) is 30.7 Å². The zero-order chi connectivity index (χ0) is 17.8. The number of halogens is 1. The van der Waals surface area contributed by atoms with Crippen molar-refractivity contribution in [1.82, 2.24) is 9.97 Å². The van der Waals surface area contributed by atoms with Crippen LogP contribution in [0, 0.1) is 5.82 Å². The monoisotopic (exact) mass is 350 g/mol. The number of nitrogens with one attached hydrogen (secondary N) is 1. The van der Waals surface area contributed by atoms with Gasteiger partial charge in [-0.25, -0.2) is 9.37 Å². The fraction of sp³-hybridized carbons (Fsp3) is 0.200. The number of ether oxygens (including phenoxy) is 1. The highest BCUT2D eigenvalue weighted by Gasteiger charge is 2.16. The Hall–Kier alpha value is -2.99. The second-order valence-corrected chi connectivity index (χ2v) is 6.01. The minimum absolute atomic E-state index is 0.319. The Balaban J connectivity index is 1.73. The molecule has 4 rings (SSSR count). The van der Waals surface area contributed by atoms with Crippen LogP contribution >= 0.6 is 0 Å². The van der Waals surface area contributed by atoms with Crippen molar-refractivity contribution < 1.29 is 9.13 Å². The van der Waals surface area contributed by atoms with Crippen molar-refractivity contribution in [1.29, 1.82) is 0 Å². The summed E-state index contributed by atoms with van der Waals surface area (Å²) in [7, 11) is 0. The Bertz CT molecular complexity index is 882. The van der Waals surface area contributed by atoms with E-state index in [0.717, 1.165) is 24.3 Å². The normalized spacial score (nSPS) is 14.3. The average molecular weight is 350 g/mol. The van der Waals surface area contributed by atoms with Gasteiger partial charge >= 0.3 is 0 Å². The number of rotatable bonds is 4. The third kappa shape index (κ3) is 3.65. The van der Waals surface area contributed by atoms with E-state index >= 15 is 0 Å². The average Bonchev–Trinajstić information content (AvgIpc) is 2.71. The van der Waals surface area contributed by atoms with Gasteiger partial charge in [-0.05, 0) is 12.1 Å². The lowest BCUT2D eigenvalue weighted by Gasteiger charge is -2.27. The van der Waals surface area contributed by atoms with Gasteiger partial charge in [-0.3, -0.25) is 0 Å². The molecule has 3 aromatic rings. The smallest absolute Gasteiger partial charge is 0.228 e. The van der Waals surface area contributed by atoms with Crippen molar-refractivity contribution in [2.24, 2.45) is 0 Å². The van der Waals surface area contributed by atoms with E-state index in [1.807, 2.05) is 36.4 Å². The van der Waals surface area contributed by atoms with Crippen LogP contribution in [0.1, 0.15) is 0 Å². The summed E-state index contributed by atoms with van der Waals surface area (Å²) >= 11 is 0. The van der Waals surface area contributed by atoms with Crippen LogP contribution in [0.4, 0.5) is 21.8 Å². The molecule has 0 saturated carbocycles. The van der Waals surface area contributed by atoms with Gasteiger partial charge in [0, 0.05) is 24.7 Å². The molecule has 1 aliphatic heterocycles. The van der Waals surface area contributed by atoms with Gasteiger partial charge in [0.15, 0.2) is 0 Å². The molecule has 6 heteroatoms. The predicted octanol–water partition coefficient (Wildman–Crippen LogP) is 3.86. The lowest BCUT2D eigenvalue weighted by molar-refractivity contribution is 0.122. The van der Waals surface area contributed by atoms with Crippen molar-refractivity contribution >= 4 is 17.5 Å². The number of aromatic nitrogens is 2. The molecule has 1 fully saturated rings. The molecule has 0 unspecified atom stereocenters. The second-order valence-electron chi connectivity index (χ2n) is 6.01. The fourth-order valence-corrected chi connectivity index (χ4v) is 2.86. The summed E-state index contributed by atoms with van der Waals surface area (Å²) in [5, 5.41) is 3.08. The Labute approximate surface area is 151 Å². The number of benzene rings is 2. The molecular formula is C20H19FN4O. The van der Waals surface area contributed by atoms with E-state index < -0.39 is 0 Å². The molecule has 0 atom stereocenters. The summed E-state index contributed by atoms with van der Waals surface area (Å²) in [6, 6.07) is 18.3. The lowest BCUT2D eigenvalue weighted by atomic mass is 10.1. The number of hydrogen-bond acceptors (Lipinski definition) is 5. The van der Waals surface area contributed by atoms with Gasteiger partial charge in [-0.2, -0.15) is 4.98 Å². The molecule has 1 saturated heterocycles. The molecule has 0 aliphatic carbocycles. The van der Waals surface area contributed by atoms with Crippen LogP contribution in [0.3, 0.4) is 0 Å². The van der Waals surface area contributed by atoms with Gasteiger partial charge in [0.05, 0.1) is 24.6 Å². The lowest BCUT2D eigenvalue weighted by Crippen LogP contribution is -2.37. The summed E-state index contributed by atoms with van der Waals surface area (Å²) in [5.74, 6) is 0.860. The Morgan fingerprint density at radius 2 is 1.65 bits per heavy atom. The molecule has 2 aromatic carbocycles. The second kappa shape index (κ2) is 7.49. The molecule has 2 heterocycles. The van der Waals surface area contributed by atoms with E-state index in [1.165, 1.54) is 6.07 Å². The number of nitrogens with zero attached hydrogens (tertiary/aromatic N) is 3. The third-order valence-electron chi connectivity index (χ3n) is 4.21. The maximum atomic E-state index is 14.0. The summed E-state index contributed by atoms with van der Waals surface area (Å²) < 4.78 is 19.4. The summed E-state index contributed by atoms with van der Waals surface area (Å²) in [5.41, 5.74) is 2.17. The highest BCUT2D eigenvalue weighted by Crippen LogP contribution is 2.26. The standard InChI is InChI=1S/C20H19FN4O/c21-16-8-4-5-9-17(16)22-19-14-18(15-6-2-1-3-7-15)23-20(24-19)25-10-12-26-13-11-25/h1-9,14H,10-13H2,(H,22,23,24). The highest BCUT2D eigenvalue weighted by molar-refractivity contribution is 5.67. The molecular weight excluding hydrogens is 331 g/mol. The fourth-order valence-electron chi connectivity index (χ4n) is 2.86. The summed E-state index contributed by atoms with van der Waals surface area (Å²) in [6.45, 7) is 2.76. The molecule has 0 spiro atoms. The predicted molar refractivity (Wildman–Crippen MR) is 100 cm³/mol. The highest BCUT2D eigenvalue weighted by atomic mass is 19.1. The zero-order valence-corrected chi connectivity index (χ0v) is 14.2. The van der Waals surface area contributed by atoms with Crippen LogP contribution in [0.5, 0.6) is 0 Å². The topological polar surface area (TPSA) is 50.3 Å². The first-order valence-electron chi connectivity index (χ1n) is 8.58. The van der Waals surface area contributed by atoms with Gasteiger partial charge in [-0.1, -0.05) is 42.5 Å². The maximum Gasteiger partial charge on any atom is 0.228 e. The number of anilines is 3. The van der Waals surface area contributed by atoms with Crippen LogP contribution in [0.2, 0.25) is 0 Å². The van der Waals surface area contributed by atoms with Gasteiger partial charge in [0.2, 0.25) is 5.95 Å². The van der Waals surface area contributed by atoms with Crippen molar-refractivity contribution in [3.63, 3.8) is 0 Å². The van der Waals surface area contributed by atoms with Crippen LogP contribution in [-0.4, -0.2) is 36.3 Å². The quantitative estimate of drug-likeness (QED) is 0.774. The molecule has 1 aromatic heterocycles. The number of hydrogen-bond donors (Lipinski definition) is 1. The molecule has 0 bridgehead atoms. The minimum atomic E-state index is -0.319. The van der Waals surface area contributed by atoms with Crippen LogP contribution < -0.4 is 10.2 Å². The molecule has 1 N–H and O–H groups in total. The van der Waals surface area contributed by atoms with Crippen molar-refractivity contribution in [3.05, 3.63) is 66.5 Å². The van der Waals surface area contributed by atoms with E-state index in [2.05, 4.69) is 15.2 Å². The molecule has 5 nitrogen and oxygen atoms in total. The van der Waals surface area contributed by atoms with Crippen molar-refractivity contribution in [2.75, 3.05) is 36.5 Å². The van der Waals surface area contributed by atoms with E-state index in [4.69, 9.17) is 9.72 Å². The largest absolute Gasteiger partial charge is 0.378 e. The van der Waals surface area contributed by atoms with Gasteiger partial charge in [0.25, 0.3) is 0 Å². The van der Waals surface area contributed by atoms with Crippen LogP contribution in [0.25, 0.3) is 11.3 Å². The van der Waals surface area contributed by atoms with Crippen molar-refractivity contribution in [3.8, 4) is 11.3 Å². The summed E-state index contributed by atoms with van der Waals surface area (Å²) in [6.07, 6.45) is 0. The Kier molecular flexibility index (Phi) is 4.75. The SMILES string of the molecule is Fc1ccccc1Nc1cc(-c2ccccc2)nc(N2CCOCC2)n1. The zero-order valence-electron chi connectivity index (χ0n) is 14.2. The maximum absolute atomic E-state index is 14.0. The number of morpholine rings is 1. The first-order chi connectivity index (χ1) is 12.8. The minimum Gasteiger partial charge on any atom is -0.378 e. The Morgan fingerprint density at radius 1 is 0.923 bits per heavy atom. The van der Waals surface area contributed by atoms with Gasteiger partial charge < -0.3 is 15.0 Å². The van der Waals surface area contributed by atoms with Crippen molar-refractivity contribution in [2.45, 2.75) is 0 Å². The van der Waals surface area contributed by atoms with E-state index in [1.54, 1.807) is 18.2 Å². The Morgan fingerprint density at radius 3 is 2.42 bits per heavy atom.